The van der Waals surface area contributed by atoms with Gasteiger partial charge in [0.05, 0.1) is 11.9 Å². The molecule has 0 bridgehead atoms. The Bertz CT molecular complexity index is 950. The lowest BCUT2D eigenvalue weighted by molar-refractivity contribution is -0.120. The molecule has 1 amide bonds. The number of hydrogen-bond acceptors (Lipinski definition) is 6. The van der Waals surface area contributed by atoms with Crippen molar-refractivity contribution in [3.8, 4) is 0 Å². The number of benzene rings is 1. The topological polar surface area (TPSA) is 105 Å². The zero-order chi connectivity index (χ0) is 20.5. The largest absolute Gasteiger partial charge is 0.342 e. The molecular formula is C19H26N4O4S. The lowest BCUT2D eigenvalue weighted by Gasteiger charge is -2.25. The zero-order valence-corrected chi connectivity index (χ0v) is 17.4. The van der Waals surface area contributed by atoms with Gasteiger partial charge >= 0.3 is 0 Å². The molecule has 1 unspecified atom stereocenters. The van der Waals surface area contributed by atoms with Crippen molar-refractivity contribution in [2.75, 3.05) is 17.1 Å². The van der Waals surface area contributed by atoms with E-state index in [0.717, 1.165) is 29.0 Å². The molecule has 3 rings (SSSR count). The first-order chi connectivity index (χ1) is 13.2. The van der Waals surface area contributed by atoms with Gasteiger partial charge in [0.25, 0.3) is 0 Å². The number of aryl methyl sites for hydroxylation is 1. The van der Waals surface area contributed by atoms with Crippen LogP contribution in [-0.4, -0.2) is 37.3 Å². The van der Waals surface area contributed by atoms with Crippen LogP contribution < -0.4 is 9.62 Å². The third kappa shape index (κ3) is 4.70. The number of rotatable bonds is 8. The third-order valence-electron chi connectivity index (χ3n) is 4.72. The van der Waals surface area contributed by atoms with Crippen LogP contribution in [-0.2, 0) is 14.8 Å². The molecule has 1 saturated carbocycles. The third-order valence-corrected chi connectivity index (χ3v) is 5.85. The number of nitrogens with zero attached hydrogens (tertiary/aromatic N) is 3. The molecule has 8 nitrogen and oxygen atoms in total. The highest BCUT2D eigenvalue weighted by atomic mass is 32.2. The molecule has 1 aromatic carbocycles. The predicted octanol–water partition coefficient (Wildman–Crippen LogP) is 2.53. The van der Waals surface area contributed by atoms with Gasteiger partial charge in [-0.15, -0.1) is 0 Å². The number of sulfonamides is 1. The first-order valence-electron chi connectivity index (χ1n) is 9.33. The van der Waals surface area contributed by atoms with Gasteiger partial charge in [-0.2, -0.15) is 4.98 Å². The Balaban J connectivity index is 1.77. The molecule has 28 heavy (non-hydrogen) atoms. The van der Waals surface area contributed by atoms with E-state index in [1.165, 1.54) is 0 Å². The fraction of sp³-hybridized carbons (Fsp3) is 0.526. The molecule has 2 aromatic rings. The van der Waals surface area contributed by atoms with E-state index < -0.39 is 22.0 Å². The average molecular weight is 407 g/mol. The van der Waals surface area contributed by atoms with E-state index in [1.807, 2.05) is 19.9 Å². The summed E-state index contributed by atoms with van der Waals surface area (Å²) in [6.45, 7) is 5.35. The van der Waals surface area contributed by atoms with E-state index in [2.05, 4.69) is 15.5 Å². The van der Waals surface area contributed by atoms with Crippen molar-refractivity contribution in [2.45, 2.75) is 45.6 Å². The van der Waals surface area contributed by atoms with E-state index in [1.54, 1.807) is 25.1 Å². The molecule has 0 spiro atoms. The minimum Gasteiger partial charge on any atom is -0.342 e. The zero-order valence-electron chi connectivity index (χ0n) is 16.5. The number of carbonyl (C=O) groups excluding carboxylic acids is 1. The number of carbonyl (C=O) groups is 1. The molecule has 1 fully saturated rings. The normalized spacial score (nSPS) is 15.5. The summed E-state index contributed by atoms with van der Waals surface area (Å²) < 4.78 is 31.1. The van der Waals surface area contributed by atoms with E-state index in [9.17, 15) is 13.2 Å². The molecule has 0 saturated heterocycles. The van der Waals surface area contributed by atoms with Gasteiger partial charge in [0.1, 0.15) is 12.6 Å². The van der Waals surface area contributed by atoms with Gasteiger partial charge < -0.3 is 9.84 Å². The van der Waals surface area contributed by atoms with Gasteiger partial charge in [0.15, 0.2) is 5.82 Å². The van der Waals surface area contributed by atoms with Gasteiger partial charge in [0.2, 0.25) is 21.8 Å². The number of aromatic nitrogens is 2. The number of nitrogens with one attached hydrogen (secondary N) is 1. The summed E-state index contributed by atoms with van der Waals surface area (Å²) >= 11 is 0. The van der Waals surface area contributed by atoms with Crippen LogP contribution in [0.5, 0.6) is 0 Å². The fourth-order valence-corrected chi connectivity index (χ4v) is 3.88. The van der Waals surface area contributed by atoms with E-state index in [-0.39, 0.29) is 12.5 Å². The Morgan fingerprint density at radius 3 is 2.57 bits per heavy atom. The summed E-state index contributed by atoms with van der Waals surface area (Å²) in [5.41, 5.74) is 1.25. The number of para-hydroxylation sites is 1. The number of hydrogen-bond donors (Lipinski definition) is 1. The van der Waals surface area contributed by atoms with Crippen LogP contribution in [0.4, 0.5) is 5.69 Å². The predicted molar refractivity (Wildman–Crippen MR) is 105 cm³/mol. The molecule has 9 heteroatoms. The second kappa shape index (κ2) is 7.90. The lowest BCUT2D eigenvalue weighted by atomic mass is 10.0. The Morgan fingerprint density at radius 2 is 2.00 bits per heavy atom. The molecule has 1 N–H and O–H groups in total. The molecule has 152 valence electrons. The summed E-state index contributed by atoms with van der Waals surface area (Å²) in [6, 6.07) is 6.57. The highest BCUT2D eigenvalue weighted by Crippen LogP contribution is 2.38. The summed E-state index contributed by atoms with van der Waals surface area (Å²) in [6.07, 6.45) is 3.20. The van der Waals surface area contributed by atoms with Crippen LogP contribution >= 0.6 is 0 Å². The van der Waals surface area contributed by atoms with Gasteiger partial charge in [0, 0.05) is 5.92 Å². The van der Waals surface area contributed by atoms with Gasteiger partial charge in [-0.1, -0.05) is 37.2 Å². The highest BCUT2D eigenvalue weighted by molar-refractivity contribution is 7.92. The van der Waals surface area contributed by atoms with Crippen molar-refractivity contribution >= 4 is 21.6 Å². The molecule has 1 aromatic heterocycles. The first kappa shape index (κ1) is 20.3. The van der Waals surface area contributed by atoms with Crippen LogP contribution in [0.1, 0.15) is 55.9 Å². The smallest absolute Gasteiger partial charge is 0.249 e. The SMILES string of the molecule is Cc1ccccc1N(CC(=O)NC(c1nc(C2CC2)no1)C(C)C)S(C)(=O)=O. The molecule has 1 atom stereocenters. The van der Waals surface area contributed by atoms with Crippen LogP contribution in [0.3, 0.4) is 0 Å². The van der Waals surface area contributed by atoms with E-state index in [4.69, 9.17) is 4.52 Å². The fourth-order valence-electron chi connectivity index (χ4n) is 2.97. The molecule has 1 aliphatic carbocycles. The number of amides is 1. The molecular weight excluding hydrogens is 380 g/mol. The number of anilines is 1. The van der Waals surface area contributed by atoms with Crippen LogP contribution in [0.2, 0.25) is 0 Å². The Hall–Kier alpha value is -2.42. The van der Waals surface area contributed by atoms with Gasteiger partial charge in [-0.3, -0.25) is 9.10 Å². The second-order valence-corrected chi connectivity index (χ2v) is 9.52. The minimum atomic E-state index is -3.63. The van der Waals surface area contributed by atoms with Crippen LogP contribution in [0, 0.1) is 12.8 Å². The lowest BCUT2D eigenvalue weighted by Crippen LogP contribution is -2.42. The van der Waals surface area contributed by atoms with Crippen molar-refractivity contribution < 1.29 is 17.7 Å². The van der Waals surface area contributed by atoms with Crippen LogP contribution in [0.15, 0.2) is 28.8 Å². The molecule has 0 aliphatic heterocycles. The summed E-state index contributed by atoms with van der Waals surface area (Å²) in [5.74, 6) is 0.947. The maximum atomic E-state index is 12.7. The average Bonchev–Trinajstić information content (AvgIpc) is 3.35. The van der Waals surface area contributed by atoms with Gasteiger partial charge in [-0.05, 0) is 37.3 Å². The monoisotopic (exact) mass is 406 g/mol. The van der Waals surface area contributed by atoms with Crippen molar-refractivity contribution in [3.05, 3.63) is 41.5 Å². The summed E-state index contributed by atoms with van der Waals surface area (Å²) in [7, 11) is -3.63. The summed E-state index contributed by atoms with van der Waals surface area (Å²) in [5, 5.41) is 6.86. The van der Waals surface area contributed by atoms with E-state index >= 15 is 0 Å². The maximum Gasteiger partial charge on any atom is 0.249 e. The molecule has 1 aliphatic rings. The standard InChI is InChI=1S/C19H26N4O4S/c1-12(2)17(19-21-18(22-27-19)14-9-10-14)20-16(24)11-23(28(4,25)26)15-8-6-5-7-13(15)3/h5-8,12,14,17H,9-11H2,1-4H3,(H,20,24). The second-order valence-electron chi connectivity index (χ2n) is 7.61. The Morgan fingerprint density at radius 1 is 1.32 bits per heavy atom. The Labute approximate surface area is 165 Å². The van der Waals surface area contributed by atoms with Crippen molar-refractivity contribution in [1.29, 1.82) is 0 Å². The minimum absolute atomic E-state index is 0.00148. The molecule has 0 radical (unpaired) electrons. The van der Waals surface area contributed by atoms with Crippen molar-refractivity contribution in [3.63, 3.8) is 0 Å². The van der Waals surface area contributed by atoms with Crippen LogP contribution in [0.25, 0.3) is 0 Å². The molecule has 1 heterocycles. The Kier molecular flexibility index (Phi) is 5.74. The van der Waals surface area contributed by atoms with Crippen molar-refractivity contribution in [1.82, 2.24) is 15.5 Å². The highest BCUT2D eigenvalue weighted by Gasteiger charge is 2.32. The van der Waals surface area contributed by atoms with Crippen molar-refractivity contribution in [2.24, 2.45) is 5.92 Å². The van der Waals surface area contributed by atoms with Gasteiger partial charge in [-0.25, -0.2) is 8.42 Å². The first-order valence-corrected chi connectivity index (χ1v) is 11.2. The van der Waals surface area contributed by atoms with E-state index in [0.29, 0.717) is 23.3 Å². The quantitative estimate of drug-likeness (QED) is 0.722. The maximum absolute atomic E-state index is 12.7. The summed E-state index contributed by atoms with van der Waals surface area (Å²) in [4.78, 5) is 17.1.